The van der Waals surface area contributed by atoms with Gasteiger partial charge in [0.15, 0.2) is 6.54 Å². The molecule has 6 heteroatoms. The molecule has 0 spiro atoms. The normalized spacial score (nSPS) is 11.9. The molecule has 29 heavy (non-hydrogen) atoms. The van der Waals surface area contributed by atoms with Crippen molar-refractivity contribution < 1.29 is 19.3 Å². The highest BCUT2D eigenvalue weighted by Gasteiger charge is 2.21. The summed E-state index contributed by atoms with van der Waals surface area (Å²) < 4.78 is 13.2. The fourth-order valence-electron chi connectivity index (χ4n) is 3.35. The van der Waals surface area contributed by atoms with Crippen LogP contribution in [0.25, 0.3) is 0 Å². The molecule has 0 radical (unpaired) electrons. The van der Waals surface area contributed by atoms with Crippen LogP contribution in [0, 0.1) is 11.7 Å². The van der Waals surface area contributed by atoms with Crippen LogP contribution in [0.15, 0.2) is 48.5 Å². The Balaban J connectivity index is 2.00. The van der Waals surface area contributed by atoms with E-state index in [1.807, 2.05) is 19.2 Å². The van der Waals surface area contributed by atoms with Crippen molar-refractivity contribution >= 4 is 17.5 Å². The van der Waals surface area contributed by atoms with E-state index in [0.29, 0.717) is 24.3 Å². The molecular formula is C23H31FN3O2+. The average molecular weight is 401 g/mol. The summed E-state index contributed by atoms with van der Waals surface area (Å²) in [5, 5.41) is 4.82. The maximum atomic E-state index is 13.2. The standard InChI is InChI=1S/C23H30FN3O2/c1-5-27(6-2)23(29)18-8-7-9-20(14-18)26-21(28)15-25-22(16(3)4)17-10-12-19(24)13-11-17/h7-14,16,22,25H,5-6,15H2,1-4H3,(H,26,28)/p+1/t22-/m1/s1. The van der Waals surface area contributed by atoms with Crippen LogP contribution in [0.2, 0.25) is 0 Å². The van der Waals surface area contributed by atoms with E-state index in [9.17, 15) is 14.0 Å². The third-order valence-corrected chi connectivity index (χ3v) is 4.97. The summed E-state index contributed by atoms with van der Waals surface area (Å²) in [6.07, 6.45) is 0. The Hall–Kier alpha value is -2.73. The second-order valence-electron chi connectivity index (χ2n) is 7.37. The number of amides is 2. The minimum Gasteiger partial charge on any atom is -0.339 e. The number of quaternary nitrogens is 1. The van der Waals surface area contributed by atoms with E-state index in [0.717, 1.165) is 5.56 Å². The minimum atomic E-state index is -0.270. The average Bonchev–Trinajstić information content (AvgIpc) is 2.70. The quantitative estimate of drug-likeness (QED) is 0.679. The first-order valence-electron chi connectivity index (χ1n) is 10.1. The molecule has 2 aromatic carbocycles. The predicted molar refractivity (Wildman–Crippen MR) is 113 cm³/mol. The Morgan fingerprint density at radius 3 is 2.31 bits per heavy atom. The lowest BCUT2D eigenvalue weighted by molar-refractivity contribution is -0.692. The van der Waals surface area contributed by atoms with E-state index in [-0.39, 0.29) is 36.1 Å². The summed E-state index contributed by atoms with van der Waals surface area (Å²) in [6, 6.07) is 13.5. The number of rotatable bonds is 9. The summed E-state index contributed by atoms with van der Waals surface area (Å²) in [5.41, 5.74) is 2.15. The molecule has 0 aliphatic heterocycles. The van der Waals surface area contributed by atoms with Crippen LogP contribution in [-0.4, -0.2) is 36.3 Å². The minimum absolute atomic E-state index is 0.0474. The lowest BCUT2D eigenvalue weighted by atomic mass is 9.96. The molecule has 0 aliphatic carbocycles. The zero-order chi connectivity index (χ0) is 21.4. The highest BCUT2D eigenvalue weighted by atomic mass is 19.1. The molecule has 3 N–H and O–H groups in total. The van der Waals surface area contributed by atoms with Gasteiger partial charge in [-0.15, -0.1) is 0 Å². The van der Waals surface area contributed by atoms with Crippen LogP contribution in [0.1, 0.15) is 49.7 Å². The number of nitrogens with two attached hydrogens (primary N) is 1. The second-order valence-corrected chi connectivity index (χ2v) is 7.37. The van der Waals surface area contributed by atoms with E-state index in [4.69, 9.17) is 0 Å². The van der Waals surface area contributed by atoms with Crippen LogP contribution in [0.4, 0.5) is 10.1 Å². The number of nitrogens with one attached hydrogen (secondary N) is 1. The number of anilines is 1. The molecule has 0 fully saturated rings. The molecule has 2 aromatic rings. The molecule has 0 saturated heterocycles. The molecule has 5 nitrogen and oxygen atoms in total. The molecule has 2 rings (SSSR count). The first kappa shape index (κ1) is 22.6. The molecule has 0 unspecified atom stereocenters. The maximum Gasteiger partial charge on any atom is 0.279 e. The van der Waals surface area contributed by atoms with Crippen molar-refractivity contribution in [2.24, 2.45) is 5.92 Å². The topological polar surface area (TPSA) is 66.0 Å². The van der Waals surface area contributed by atoms with Gasteiger partial charge < -0.3 is 15.5 Å². The fraction of sp³-hybridized carbons (Fsp3) is 0.391. The van der Waals surface area contributed by atoms with Crippen LogP contribution in [0.5, 0.6) is 0 Å². The van der Waals surface area contributed by atoms with Crippen LogP contribution < -0.4 is 10.6 Å². The Labute approximate surface area is 172 Å². The number of carbonyl (C=O) groups is 2. The lowest BCUT2D eigenvalue weighted by Crippen LogP contribution is -2.88. The number of benzene rings is 2. The Bertz CT molecular complexity index is 817. The molecule has 2 amide bonds. The van der Waals surface area contributed by atoms with Gasteiger partial charge in [-0.05, 0) is 44.2 Å². The van der Waals surface area contributed by atoms with Gasteiger partial charge in [0.25, 0.3) is 11.8 Å². The van der Waals surface area contributed by atoms with Gasteiger partial charge in [0, 0.05) is 35.8 Å². The fourth-order valence-corrected chi connectivity index (χ4v) is 3.35. The summed E-state index contributed by atoms with van der Waals surface area (Å²) in [7, 11) is 0. The SMILES string of the molecule is CCN(CC)C(=O)c1cccc(NC(=O)C[NH2+][C@@H](c2ccc(F)cc2)C(C)C)c1. The van der Waals surface area contributed by atoms with E-state index < -0.39 is 0 Å². The number of hydrogen-bond acceptors (Lipinski definition) is 2. The van der Waals surface area contributed by atoms with Crippen molar-refractivity contribution in [3.63, 3.8) is 0 Å². The van der Waals surface area contributed by atoms with Gasteiger partial charge in [-0.25, -0.2) is 4.39 Å². The van der Waals surface area contributed by atoms with Crippen molar-refractivity contribution in [1.82, 2.24) is 4.90 Å². The van der Waals surface area contributed by atoms with Crippen LogP contribution in [0.3, 0.4) is 0 Å². The van der Waals surface area contributed by atoms with E-state index in [1.165, 1.54) is 12.1 Å². The van der Waals surface area contributed by atoms with Gasteiger partial charge >= 0.3 is 0 Å². The molecule has 1 atom stereocenters. The Morgan fingerprint density at radius 1 is 1.07 bits per heavy atom. The van der Waals surface area contributed by atoms with Gasteiger partial charge in [-0.3, -0.25) is 9.59 Å². The molecule has 0 saturated carbocycles. The second kappa shape index (κ2) is 10.7. The van der Waals surface area contributed by atoms with Gasteiger partial charge in [-0.2, -0.15) is 0 Å². The first-order valence-corrected chi connectivity index (χ1v) is 10.1. The van der Waals surface area contributed by atoms with E-state index in [2.05, 4.69) is 19.2 Å². The predicted octanol–water partition coefficient (Wildman–Crippen LogP) is 3.21. The molecule has 156 valence electrons. The maximum absolute atomic E-state index is 13.2. The number of halogens is 1. The molecule has 0 aromatic heterocycles. The van der Waals surface area contributed by atoms with Crippen molar-refractivity contribution in [3.8, 4) is 0 Å². The van der Waals surface area contributed by atoms with Gasteiger partial charge in [-0.1, -0.05) is 32.0 Å². The third kappa shape index (κ3) is 6.39. The monoisotopic (exact) mass is 400 g/mol. The summed E-state index contributed by atoms with van der Waals surface area (Å²) >= 11 is 0. The molecule has 0 bridgehead atoms. The van der Waals surface area contributed by atoms with Crippen LogP contribution >= 0.6 is 0 Å². The van der Waals surface area contributed by atoms with Crippen molar-refractivity contribution in [1.29, 1.82) is 0 Å². The Kier molecular flexibility index (Phi) is 8.34. The number of hydrogen-bond donors (Lipinski definition) is 2. The Morgan fingerprint density at radius 2 is 1.72 bits per heavy atom. The van der Waals surface area contributed by atoms with Crippen molar-refractivity contribution in [3.05, 3.63) is 65.5 Å². The molecule has 0 heterocycles. The summed E-state index contributed by atoms with van der Waals surface area (Å²) in [5.74, 6) is -0.185. The zero-order valence-corrected chi connectivity index (χ0v) is 17.6. The third-order valence-electron chi connectivity index (χ3n) is 4.97. The van der Waals surface area contributed by atoms with E-state index in [1.54, 1.807) is 41.3 Å². The lowest BCUT2D eigenvalue weighted by Gasteiger charge is -2.20. The van der Waals surface area contributed by atoms with Crippen molar-refractivity contribution in [2.75, 3.05) is 25.0 Å². The largest absolute Gasteiger partial charge is 0.339 e. The summed E-state index contributed by atoms with van der Waals surface area (Å²) in [6.45, 7) is 9.54. The highest BCUT2D eigenvalue weighted by molar-refractivity contribution is 5.97. The first-order chi connectivity index (χ1) is 13.8. The van der Waals surface area contributed by atoms with Crippen LogP contribution in [-0.2, 0) is 4.79 Å². The molecular weight excluding hydrogens is 369 g/mol. The smallest absolute Gasteiger partial charge is 0.279 e. The summed E-state index contributed by atoms with van der Waals surface area (Å²) in [4.78, 5) is 26.7. The molecule has 0 aliphatic rings. The van der Waals surface area contributed by atoms with E-state index >= 15 is 0 Å². The highest BCUT2D eigenvalue weighted by Crippen LogP contribution is 2.18. The van der Waals surface area contributed by atoms with Crippen molar-refractivity contribution in [2.45, 2.75) is 33.7 Å². The zero-order valence-electron chi connectivity index (χ0n) is 17.6. The van der Waals surface area contributed by atoms with Gasteiger partial charge in [0.1, 0.15) is 11.9 Å². The van der Waals surface area contributed by atoms with Gasteiger partial charge in [0.2, 0.25) is 0 Å². The number of carbonyl (C=O) groups excluding carboxylic acids is 2. The number of nitrogens with zero attached hydrogens (tertiary/aromatic N) is 1. The van der Waals surface area contributed by atoms with Gasteiger partial charge in [0.05, 0.1) is 0 Å².